The van der Waals surface area contributed by atoms with Crippen molar-refractivity contribution in [3.63, 3.8) is 0 Å². The standard InChI is InChI=1S/C33H35N7S/c1-32(2,25-17-9-5-10-18-25)39(37-27-21-13-7-14-22-27)29-34-30(36-31(41)35-29)40(38-28-23-15-8-16-24-28)33(3,4)26-19-11-6-12-20-26/h5-24,37-38H,1-4H3,(H,34,35,36,41). The molecule has 0 saturated carbocycles. The summed E-state index contributed by atoms with van der Waals surface area (Å²) < 4.78 is 0.223. The van der Waals surface area contributed by atoms with Crippen molar-refractivity contribution in [2.45, 2.75) is 38.8 Å². The van der Waals surface area contributed by atoms with E-state index in [1.807, 2.05) is 107 Å². The molecule has 0 spiro atoms. The first-order valence-electron chi connectivity index (χ1n) is 13.6. The number of hydrogen-bond acceptors (Lipinski definition) is 7. The van der Waals surface area contributed by atoms with E-state index >= 15 is 0 Å². The van der Waals surface area contributed by atoms with Crippen LogP contribution in [0.15, 0.2) is 121 Å². The Kier molecular flexibility index (Phi) is 8.03. The van der Waals surface area contributed by atoms with E-state index in [0.29, 0.717) is 11.9 Å². The highest BCUT2D eigenvalue weighted by molar-refractivity contribution is 7.71. The fourth-order valence-corrected chi connectivity index (χ4v) is 4.90. The third-order valence-corrected chi connectivity index (χ3v) is 7.34. The van der Waals surface area contributed by atoms with Crippen LogP contribution in [0.3, 0.4) is 0 Å². The molecule has 4 aromatic carbocycles. The summed E-state index contributed by atoms with van der Waals surface area (Å²) in [5.41, 5.74) is 10.1. The number of hydrogen-bond donors (Lipinski definition) is 3. The summed E-state index contributed by atoms with van der Waals surface area (Å²) in [5.74, 6) is 1.06. The zero-order valence-corrected chi connectivity index (χ0v) is 24.6. The number of aromatic nitrogens is 3. The van der Waals surface area contributed by atoms with Gasteiger partial charge in [0.2, 0.25) is 16.7 Å². The maximum atomic E-state index is 5.68. The molecular formula is C33H35N7S. The molecule has 1 aromatic heterocycles. The van der Waals surface area contributed by atoms with Crippen LogP contribution in [0.25, 0.3) is 0 Å². The topological polar surface area (TPSA) is 72.1 Å². The smallest absolute Gasteiger partial charge is 0.228 e. The van der Waals surface area contributed by atoms with Gasteiger partial charge in [-0.1, -0.05) is 97.1 Å². The quantitative estimate of drug-likeness (QED) is 0.118. The molecule has 41 heavy (non-hydrogen) atoms. The highest BCUT2D eigenvalue weighted by Gasteiger charge is 2.35. The van der Waals surface area contributed by atoms with Gasteiger partial charge in [-0.25, -0.2) is 10.0 Å². The van der Waals surface area contributed by atoms with Crippen molar-refractivity contribution in [1.29, 1.82) is 0 Å². The molecule has 3 N–H and O–H groups in total. The molecule has 0 aliphatic carbocycles. The van der Waals surface area contributed by atoms with Gasteiger partial charge in [0.15, 0.2) is 0 Å². The highest BCUT2D eigenvalue weighted by atomic mass is 32.1. The zero-order valence-electron chi connectivity index (χ0n) is 23.7. The maximum Gasteiger partial charge on any atom is 0.228 e. The molecule has 8 heteroatoms. The van der Waals surface area contributed by atoms with E-state index in [2.05, 4.69) is 67.8 Å². The van der Waals surface area contributed by atoms with Gasteiger partial charge in [0.1, 0.15) is 0 Å². The summed E-state index contributed by atoms with van der Waals surface area (Å²) in [5, 5.41) is 4.02. The summed E-state index contributed by atoms with van der Waals surface area (Å²) in [7, 11) is 0. The molecule has 1 heterocycles. The van der Waals surface area contributed by atoms with Crippen molar-refractivity contribution in [2.75, 3.05) is 20.9 Å². The van der Waals surface area contributed by atoms with E-state index < -0.39 is 11.1 Å². The highest BCUT2D eigenvalue weighted by Crippen LogP contribution is 2.35. The van der Waals surface area contributed by atoms with Gasteiger partial charge < -0.3 is 0 Å². The molecule has 0 bridgehead atoms. The first-order chi connectivity index (χ1) is 19.7. The number of anilines is 4. The molecule has 0 fully saturated rings. The number of para-hydroxylation sites is 2. The molecular weight excluding hydrogens is 526 g/mol. The molecule has 5 aromatic rings. The Morgan fingerprint density at radius 2 is 0.854 bits per heavy atom. The largest absolute Gasteiger partial charge is 0.295 e. The van der Waals surface area contributed by atoms with E-state index in [9.17, 15) is 0 Å². The predicted molar refractivity (Wildman–Crippen MR) is 171 cm³/mol. The van der Waals surface area contributed by atoms with Crippen molar-refractivity contribution in [3.05, 3.63) is 137 Å². The molecule has 0 atom stereocenters. The Labute approximate surface area is 246 Å². The SMILES string of the molecule is CC(C)(c1ccccc1)N(Nc1ccccc1)c1nc(=S)nc(N(Nc2ccccc2)C(C)(C)c2ccccc2)[nH]1. The van der Waals surface area contributed by atoms with Crippen LogP contribution < -0.4 is 20.9 Å². The average Bonchev–Trinajstić information content (AvgIpc) is 3.00. The number of nitrogens with zero attached hydrogens (tertiary/aromatic N) is 4. The Bertz CT molecular complexity index is 1490. The summed E-state index contributed by atoms with van der Waals surface area (Å²) in [6.45, 7) is 8.57. The lowest BCUT2D eigenvalue weighted by Crippen LogP contribution is -2.49. The molecule has 0 amide bonds. The first kappa shape index (κ1) is 27.9. The molecule has 0 unspecified atom stereocenters. The van der Waals surface area contributed by atoms with Crippen LogP contribution in [0.5, 0.6) is 0 Å². The van der Waals surface area contributed by atoms with Crippen LogP contribution >= 0.6 is 12.2 Å². The van der Waals surface area contributed by atoms with Crippen LogP contribution in [0.2, 0.25) is 0 Å². The monoisotopic (exact) mass is 561 g/mol. The molecule has 208 valence electrons. The number of hydrazine groups is 2. The molecule has 7 nitrogen and oxygen atoms in total. The zero-order chi connectivity index (χ0) is 28.9. The summed E-state index contributed by atoms with van der Waals surface area (Å²) in [6, 6.07) is 40.7. The molecule has 5 rings (SSSR count). The second-order valence-electron chi connectivity index (χ2n) is 10.8. The summed E-state index contributed by atoms with van der Waals surface area (Å²) in [4.78, 5) is 13.0. The minimum Gasteiger partial charge on any atom is -0.295 e. The minimum absolute atomic E-state index is 0.223. The number of aromatic amines is 1. The van der Waals surface area contributed by atoms with E-state index in [4.69, 9.17) is 22.2 Å². The average molecular weight is 562 g/mol. The lowest BCUT2D eigenvalue weighted by atomic mass is 9.93. The van der Waals surface area contributed by atoms with E-state index in [1.54, 1.807) is 0 Å². The molecule has 0 saturated heterocycles. The van der Waals surface area contributed by atoms with E-state index in [0.717, 1.165) is 22.5 Å². The van der Waals surface area contributed by atoms with Crippen LogP contribution in [0.4, 0.5) is 23.3 Å². The van der Waals surface area contributed by atoms with Crippen molar-refractivity contribution in [1.82, 2.24) is 15.0 Å². The Balaban J connectivity index is 1.65. The molecule has 0 aliphatic rings. The van der Waals surface area contributed by atoms with Gasteiger partial charge in [0, 0.05) is 0 Å². The van der Waals surface area contributed by atoms with Crippen LogP contribution in [-0.4, -0.2) is 15.0 Å². The van der Waals surface area contributed by atoms with Gasteiger partial charge in [-0.3, -0.25) is 15.8 Å². The Morgan fingerprint density at radius 3 is 1.20 bits per heavy atom. The lowest BCUT2D eigenvalue weighted by Gasteiger charge is -2.42. The summed E-state index contributed by atoms with van der Waals surface area (Å²) in [6.07, 6.45) is 0. The van der Waals surface area contributed by atoms with Gasteiger partial charge in [-0.15, -0.1) is 0 Å². The van der Waals surface area contributed by atoms with Crippen LogP contribution in [-0.2, 0) is 11.1 Å². The van der Waals surface area contributed by atoms with Crippen LogP contribution in [0, 0.1) is 4.77 Å². The van der Waals surface area contributed by atoms with Crippen molar-refractivity contribution >= 4 is 35.5 Å². The third kappa shape index (κ3) is 6.23. The fourth-order valence-electron chi connectivity index (χ4n) is 4.72. The Hall–Kier alpha value is -4.69. The maximum absolute atomic E-state index is 5.68. The predicted octanol–water partition coefficient (Wildman–Crippen LogP) is 8.07. The number of benzene rings is 4. The van der Waals surface area contributed by atoms with Gasteiger partial charge in [-0.05, 0) is 75.3 Å². The van der Waals surface area contributed by atoms with E-state index in [-0.39, 0.29) is 4.77 Å². The number of H-pyrrole nitrogens is 1. The normalized spacial score (nSPS) is 11.5. The van der Waals surface area contributed by atoms with Gasteiger partial charge in [0.05, 0.1) is 22.5 Å². The van der Waals surface area contributed by atoms with Gasteiger partial charge in [-0.2, -0.15) is 9.97 Å². The first-order valence-corrected chi connectivity index (χ1v) is 14.0. The van der Waals surface area contributed by atoms with Crippen molar-refractivity contribution in [2.24, 2.45) is 0 Å². The second-order valence-corrected chi connectivity index (χ2v) is 11.1. The van der Waals surface area contributed by atoms with Gasteiger partial charge >= 0.3 is 0 Å². The number of rotatable bonds is 10. The molecule has 0 aliphatic heterocycles. The van der Waals surface area contributed by atoms with Gasteiger partial charge in [0.25, 0.3) is 0 Å². The lowest BCUT2D eigenvalue weighted by molar-refractivity contribution is 0.488. The Morgan fingerprint density at radius 1 is 0.537 bits per heavy atom. The van der Waals surface area contributed by atoms with Crippen molar-refractivity contribution in [3.8, 4) is 0 Å². The van der Waals surface area contributed by atoms with Crippen LogP contribution in [0.1, 0.15) is 38.8 Å². The van der Waals surface area contributed by atoms with E-state index in [1.165, 1.54) is 0 Å². The third-order valence-electron chi connectivity index (χ3n) is 7.16. The minimum atomic E-state index is -0.534. The second kappa shape index (κ2) is 11.8. The summed E-state index contributed by atoms with van der Waals surface area (Å²) >= 11 is 5.68. The fraction of sp³-hybridized carbons (Fsp3) is 0.182. The molecule has 0 radical (unpaired) electrons. The van der Waals surface area contributed by atoms with Crippen molar-refractivity contribution < 1.29 is 0 Å². The number of nitrogens with one attached hydrogen (secondary N) is 3.